The van der Waals surface area contributed by atoms with E-state index in [9.17, 15) is 8.78 Å². The van der Waals surface area contributed by atoms with Crippen LogP contribution in [0.3, 0.4) is 0 Å². The molecule has 0 aliphatic heterocycles. The molecular formula is C24H22Cl2F2GeHf. The third-order valence-corrected chi connectivity index (χ3v) is 44.1. The molecular weight excluding hydrogens is 648 g/mol. The molecule has 2 aliphatic carbocycles. The second-order valence-electron chi connectivity index (χ2n) is 7.39. The van der Waals surface area contributed by atoms with E-state index in [1.54, 1.807) is 30.9 Å². The molecule has 0 N–H and O–H groups in total. The van der Waals surface area contributed by atoms with Gasteiger partial charge in [0.15, 0.2) is 0 Å². The summed E-state index contributed by atoms with van der Waals surface area (Å²) in [5.74, 6) is 4.63. The van der Waals surface area contributed by atoms with Crippen molar-refractivity contribution in [2.75, 3.05) is 0 Å². The van der Waals surface area contributed by atoms with Gasteiger partial charge < -0.3 is 24.8 Å². The summed E-state index contributed by atoms with van der Waals surface area (Å²) >= 11 is -2.27. The molecule has 154 valence electrons. The fourth-order valence-electron chi connectivity index (χ4n) is 4.12. The number of hydrogen-bond donors (Lipinski definition) is 0. The summed E-state index contributed by atoms with van der Waals surface area (Å²) in [6.45, 7) is 0. The average molecular weight is 670 g/mol. The fourth-order valence-corrected chi connectivity index (χ4v) is 44.5. The van der Waals surface area contributed by atoms with Crippen molar-refractivity contribution in [1.29, 1.82) is 0 Å². The molecule has 6 heteroatoms. The Hall–Kier alpha value is -0.747. The quantitative estimate of drug-likeness (QED) is 0.425. The van der Waals surface area contributed by atoms with Crippen LogP contribution >= 0.6 is 0 Å². The summed E-state index contributed by atoms with van der Waals surface area (Å²) in [6, 6.07) is 14.0. The average Bonchev–Trinajstić information content (AvgIpc) is 3.32. The molecule has 2 aromatic carbocycles. The van der Waals surface area contributed by atoms with E-state index in [0.29, 0.717) is 0 Å². The van der Waals surface area contributed by atoms with E-state index in [2.05, 4.69) is 35.8 Å². The second kappa shape index (κ2) is 11.2. The van der Waals surface area contributed by atoms with Gasteiger partial charge in [-0.2, -0.15) is 0 Å². The molecule has 0 bridgehead atoms. The normalized spacial score (nSPS) is 14.4. The molecule has 0 saturated carbocycles. The van der Waals surface area contributed by atoms with Crippen molar-refractivity contribution in [3.05, 3.63) is 102 Å². The first kappa shape index (κ1) is 25.5. The molecule has 0 saturated heterocycles. The topological polar surface area (TPSA) is 0 Å². The molecule has 4 rings (SSSR count). The summed E-state index contributed by atoms with van der Waals surface area (Å²) in [5, 5.41) is 0. The van der Waals surface area contributed by atoms with E-state index >= 15 is 0 Å². The van der Waals surface area contributed by atoms with E-state index < -0.39 is 28.4 Å². The molecule has 0 radical (unpaired) electrons. The number of hydrogen-bond acceptors (Lipinski definition) is 0. The minimum atomic E-state index is -2.27. The maximum Gasteiger partial charge on any atom is -1.00 e. The molecule has 2 aliphatic rings. The SMILES string of the molecule is [CH3][Ge]([CH3])=[Hf+2]([C]1=C(c2cccc(F)c2)C=CC1)[C]1=C(c2cccc(F)c2)C=CC1.[Cl-].[Cl-]. The maximum atomic E-state index is 13.9. The van der Waals surface area contributed by atoms with Crippen LogP contribution in [0, 0.1) is 11.6 Å². The molecule has 0 atom stereocenters. The Morgan fingerprint density at radius 1 is 0.733 bits per heavy atom. The van der Waals surface area contributed by atoms with Crippen molar-refractivity contribution < 1.29 is 51.9 Å². The summed E-state index contributed by atoms with van der Waals surface area (Å²) in [4.78, 5) is 0. The van der Waals surface area contributed by atoms with Gasteiger partial charge in [-0.1, -0.05) is 0 Å². The maximum absolute atomic E-state index is 13.9. The van der Waals surface area contributed by atoms with Crippen LogP contribution in [0.1, 0.15) is 24.0 Å². The number of benzene rings is 2. The zero-order valence-electron chi connectivity index (χ0n) is 16.9. The number of halogens is 4. The molecule has 2 aromatic rings. The van der Waals surface area contributed by atoms with Gasteiger partial charge in [0.2, 0.25) is 0 Å². The van der Waals surface area contributed by atoms with Crippen LogP contribution in [0.2, 0.25) is 11.5 Å². The van der Waals surface area contributed by atoms with Crippen LogP contribution in [0.25, 0.3) is 11.1 Å². The minimum Gasteiger partial charge on any atom is -1.00 e. The van der Waals surface area contributed by atoms with Crippen molar-refractivity contribution in [1.82, 2.24) is 0 Å². The van der Waals surface area contributed by atoms with Gasteiger partial charge in [0.05, 0.1) is 0 Å². The summed E-state index contributed by atoms with van der Waals surface area (Å²) in [5.41, 5.74) is 4.52. The largest absolute Gasteiger partial charge is 1.00 e. The van der Waals surface area contributed by atoms with Crippen molar-refractivity contribution >= 4 is 21.2 Å². The Labute approximate surface area is 198 Å². The predicted octanol–water partition coefficient (Wildman–Crippen LogP) is 0.884. The third kappa shape index (κ3) is 5.35. The van der Waals surface area contributed by atoms with Gasteiger partial charge >= 0.3 is 175 Å². The monoisotopic (exact) mass is 672 g/mol. The smallest absolute Gasteiger partial charge is 1.00 e. The Morgan fingerprint density at radius 2 is 1.17 bits per heavy atom. The molecule has 0 fully saturated rings. The molecule has 30 heavy (non-hydrogen) atoms. The fraction of sp³-hybridized carbons (Fsp3) is 0.167. The summed E-state index contributed by atoms with van der Waals surface area (Å²) in [6.07, 6.45) is 10.9. The van der Waals surface area contributed by atoms with Gasteiger partial charge in [0, 0.05) is 0 Å². The van der Waals surface area contributed by atoms with Gasteiger partial charge in [0.25, 0.3) is 0 Å². The molecule has 0 unspecified atom stereocenters. The van der Waals surface area contributed by atoms with Gasteiger partial charge in [-0.05, 0) is 0 Å². The van der Waals surface area contributed by atoms with Gasteiger partial charge in [-0.3, -0.25) is 0 Å². The summed E-state index contributed by atoms with van der Waals surface area (Å²) in [7, 11) is -1.21. The van der Waals surface area contributed by atoms with Crippen LogP contribution in [0.15, 0.2) is 79.5 Å². The first-order valence-corrected chi connectivity index (χ1v) is 27.7. The Balaban J connectivity index is 0.00000160. The van der Waals surface area contributed by atoms with Gasteiger partial charge in [-0.15, -0.1) is 0 Å². The molecule has 0 aromatic heterocycles. The number of rotatable bonds is 4. The van der Waals surface area contributed by atoms with E-state index in [1.807, 2.05) is 12.1 Å². The van der Waals surface area contributed by atoms with Crippen LogP contribution < -0.4 is 24.8 Å². The second-order valence-corrected chi connectivity index (χ2v) is 45.9. The van der Waals surface area contributed by atoms with Crippen molar-refractivity contribution in [3.63, 3.8) is 0 Å². The molecule has 0 nitrogen and oxygen atoms in total. The van der Waals surface area contributed by atoms with E-state index in [1.165, 1.54) is 23.3 Å². The molecule has 0 spiro atoms. The Kier molecular flexibility index (Phi) is 9.54. The van der Waals surface area contributed by atoms with E-state index in [4.69, 9.17) is 0 Å². The van der Waals surface area contributed by atoms with Crippen LogP contribution in [0.4, 0.5) is 8.78 Å². The van der Waals surface area contributed by atoms with Crippen molar-refractivity contribution in [2.45, 2.75) is 24.4 Å². The first-order valence-electron chi connectivity index (χ1n) is 9.54. The summed E-state index contributed by atoms with van der Waals surface area (Å²) < 4.78 is 30.9. The van der Waals surface area contributed by atoms with Crippen molar-refractivity contribution in [2.24, 2.45) is 0 Å². The van der Waals surface area contributed by atoms with E-state index in [0.717, 1.165) is 24.0 Å². The zero-order valence-corrected chi connectivity index (χ0v) is 24.1. The van der Waals surface area contributed by atoms with Crippen molar-refractivity contribution in [3.8, 4) is 0 Å². The predicted molar refractivity (Wildman–Crippen MR) is 112 cm³/mol. The third-order valence-electron chi connectivity index (χ3n) is 5.24. The zero-order chi connectivity index (χ0) is 19.7. The van der Waals surface area contributed by atoms with E-state index in [-0.39, 0.29) is 36.4 Å². The standard InChI is InChI=1S/2C11H8F.C2H6Ge.2ClH.Hf/c2*12-11-7-3-6-10(8-11)9-4-1-2-5-9;1-3-2;;;/h2*1,3-4,6-8H,2H2;1-2H3;2*1H;/q;;;;;+2/p-2. The first-order chi connectivity index (χ1) is 13.5. The van der Waals surface area contributed by atoms with Gasteiger partial charge in [-0.25, -0.2) is 0 Å². The number of allylic oxidation sites excluding steroid dienone is 8. The molecule has 0 amide bonds. The van der Waals surface area contributed by atoms with Crippen LogP contribution in [0.5, 0.6) is 0 Å². The molecule has 0 heterocycles. The Morgan fingerprint density at radius 3 is 1.53 bits per heavy atom. The van der Waals surface area contributed by atoms with Crippen LogP contribution in [-0.4, -0.2) is 10.1 Å². The van der Waals surface area contributed by atoms with Gasteiger partial charge in [0.1, 0.15) is 0 Å². The van der Waals surface area contributed by atoms with Crippen LogP contribution in [-0.2, 0) is 18.3 Å². The minimum absolute atomic E-state index is 0. The Bertz CT molecular complexity index is 1030.